The molecule has 3 aromatic heterocycles. The number of rotatable bonds is 7. The number of amidine groups is 2. The molecule has 8 aromatic rings. The number of fused-ring (bicyclic) bond motifs is 2. The Morgan fingerprint density at radius 1 is 0.549 bits per heavy atom. The molecule has 8 rings (SSSR count). The molecule has 0 aliphatic rings. The van der Waals surface area contributed by atoms with Crippen LogP contribution in [0, 0.1) is 5.41 Å². The number of pyridine rings is 2. The highest BCUT2D eigenvalue weighted by atomic mass is 16.4. The number of anilines is 2. The Bertz CT molecular complexity index is 2630. The van der Waals surface area contributed by atoms with E-state index in [0.717, 1.165) is 44.0 Å². The van der Waals surface area contributed by atoms with Gasteiger partial charge < -0.3 is 27.4 Å². The molecule has 11 heteroatoms. The summed E-state index contributed by atoms with van der Waals surface area (Å²) in [4.78, 5) is 13.6. The van der Waals surface area contributed by atoms with Crippen molar-refractivity contribution in [3.8, 4) is 45.2 Å². The maximum atomic E-state index is 7.61. The molecule has 0 bridgehead atoms. The van der Waals surface area contributed by atoms with Crippen LogP contribution in [0.4, 0.5) is 17.3 Å². The molecular weight excluding hydrogens is 637 g/mol. The second-order valence-electron chi connectivity index (χ2n) is 11.9. The van der Waals surface area contributed by atoms with Crippen molar-refractivity contribution in [2.45, 2.75) is 0 Å². The summed E-state index contributed by atoms with van der Waals surface area (Å²) in [7, 11) is 0. The van der Waals surface area contributed by atoms with E-state index in [-0.39, 0.29) is 17.5 Å². The Kier molecular flexibility index (Phi) is 7.61. The fraction of sp³-hybridized carbons (Fsp3) is 0. The van der Waals surface area contributed by atoms with E-state index < -0.39 is 0 Å². The van der Waals surface area contributed by atoms with Gasteiger partial charge >= 0.3 is 0 Å². The number of nitrogens with zero attached hydrogens (tertiary/aromatic N) is 5. The van der Waals surface area contributed by atoms with Crippen molar-refractivity contribution in [2.24, 2.45) is 16.5 Å². The normalized spacial score (nSPS) is 11.6. The first-order valence-electron chi connectivity index (χ1n) is 16.0. The number of hydrogen-bond acceptors (Lipinski definition) is 9. The van der Waals surface area contributed by atoms with E-state index >= 15 is 0 Å². The molecule has 0 amide bonds. The highest BCUT2D eigenvalue weighted by Crippen LogP contribution is 2.37. The van der Waals surface area contributed by atoms with E-state index in [1.165, 1.54) is 0 Å². The summed E-state index contributed by atoms with van der Waals surface area (Å²) in [6.45, 7) is 0. The van der Waals surface area contributed by atoms with E-state index in [2.05, 4.69) is 50.5 Å². The number of nitrogens with two attached hydrogens (primary N) is 4. The highest BCUT2D eigenvalue weighted by molar-refractivity contribution is 6.07. The molecule has 0 spiro atoms. The Labute approximate surface area is 291 Å². The average molecular weight is 667 g/mol. The first kappa shape index (κ1) is 30.9. The Balaban J connectivity index is 1.06. The van der Waals surface area contributed by atoms with Crippen molar-refractivity contribution < 1.29 is 4.42 Å². The summed E-state index contributed by atoms with van der Waals surface area (Å²) in [6, 6.07) is 36.9. The standard InChI is InChI=1S/C40H30N10O/c41-35(42)25-14-18-27(19-15-25)39-49-50-40(51-39)34-30-6-3-7-32(31(30)21-47-38(34)45)48-36(43)26-16-10-23(11-17-26)22-8-12-24(13-9-22)33-29-5-2-1-4-28(29)20-46-37(33)44/h1-21H,(H3,41,42)(H2,43,48)(H2,44,46)(H2,45,47). The van der Waals surface area contributed by atoms with E-state index in [9.17, 15) is 0 Å². The van der Waals surface area contributed by atoms with Crippen LogP contribution in [0.5, 0.6) is 0 Å². The van der Waals surface area contributed by atoms with Crippen LogP contribution in [-0.2, 0) is 0 Å². The summed E-state index contributed by atoms with van der Waals surface area (Å²) in [5, 5.41) is 19.7. The minimum absolute atomic E-state index is 0.0255. The minimum Gasteiger partial charge on any atom is -0.416 e. The number of aliphatic imine (C=N–C) groups is 1. The third kappa shape index (κ3) is 5.74. The van der Waals surface area contributed by atoms with Crippen molar-refractivity contribution >= 4 is 50.5 Å². The first-order valence-corrected chi connectivity index (χ1v) is 16.0. The van der Waals surface area contributed by atoms with Crippen molar-refractivity contribution in [1.29, 1.82) is 5.41 Å². The number of hydrogen-bond donors (Lipinski definition) is 5. The topological polar surface area (TPSA) is 205 Å². The van der Waals surface area contributed by atoms with Gasteiger partial charge in [-0.3, -0.25) is 5.41 Å². The molecule has 51 heavy (non-hydrogen) atoms. The highest BCUT2D eigenvalue weighted by Gasteiger charge is 2.19. The average Bonchev–Trinajstić information content (AvgIpc) is 3.65. The van der Waals surface area contributed by atoms with Crippen molar-refractivity contribution in [3.63, 3.8) is 0 Å². The lowest BCUT2D eigenvalue weighted by atomic mass is 9.97. The van der Waals surface area contributed by atoms with Crippen LogP contribution in [0.15, 0.2) is 137 Å². The van der Waals surface area contributed by atoms with Gasteiger partial charge in [-0.25, -0.2) is 15.0 Å². The zero-order valence-electron chi connectivity index (χ0n) is 27.1. The van der Waals surface area contributed by atoms with Crippen LogP contribution in [0.2, 0.25) is 0 Å². The maximum absolute atomic E-state index is 7.61. The van der Waals surface area contributed by atoms with E-state index in [0.29, 0.717) is 45.3 Å². The zero-order valence-corrected chi connectivity index (χ0v) is 27.1. The number of aromatic nitrogens is 4. The molecule has 0 unspecified atom stereocenters. The van der Waals surface area contributed by atoms with E-state index in [1.807, 2.05) is 60.7 Å². The third-order valence-corrected chi connectivity index (χ3v) is 8.78. The second kappa shape index (κ2) is 12.6. The van der Waals surface area contributed by atoms with Crippen molar-refractivity contribution in [1.82, 2.24) is 20.2 Å². The van der Waals surface area contributed by atoms with Gasteiger partial charge in [-0.1, -0.05) is 97.1 Å². The molecule has 3 heterocycles. The van der Waals surface area contributed by atoms with E-state index in [1.54, 1.807) is 36.7 Å². The first-order chi connectivity index (χ1) is 24.8. The van der Waals surface area contributed by atoms with Crippen LogP contribution in [0.25, 0.3) is 66.7 Å². The van der Waals surface area contributed by atoms with Gasteiger partial charge in [0.1, 0.15) is 23.3 Å². The summed E-state index contributed by atoms with van der Waals surface area (Å²) in [5.41, 5.74) is 31.9. The van der Waals surface area contributed by atoms with Gasteiger partial charge in [0.15, 0.2) is 0 Å². The lowest BCUT2D eigenvalue weighted by molar-refractivity contribution is 0.585. The fourth-order valence-corrected chi connectivity index (χ4v) is 6.14. The van der Waals surface area contributed by atoms with Gasteiger partial charge in [-0.05, 0) is 40.3 Å². The molecule has 11 nitrogen and oxygen atoms in total. The Morgan fingerprint density at radius 2 is 1.14 bits per heavy atom. The Morgan fingerprint density at radius 3 is 1.88 bits per heavy atom. The molecular formula is C40H30N10O. The smallest absolute Gasteiger partial charge is 0.252 e. The quantitative estimate of drug-likeness (QED) is 0.0852. The fourth-order valence-electron chi connectivity index (χ4n) is 6.14. The lowest BCUT2D eigenvalue weighted by Gasteiger charge is -2.11. The third-order valence-electron chi connectivity index (χ3n) is 8.78. The van der Waals surface area contributed by atoms with Gasteiger partial charge in [-0.15, -0.1) is 10.2 Å². The largest absolute Gasteiger partial charge is 0.416 e. The summed E-state index contributed by atoms with van der Waals surface area (Å²) in [5.74, 6) is 1.56. The van der Waals surface area contributed by atoms with E-state index in [4.69, 9.17) is 37.8 Å². The molecule has 0 fully saturated rings. The zero-order chi connectivity index (χ0) is 35.1. The van der Waals surface area contributed by atoms with Gasteiger partial charge in [0.2, 0.25) is 5.89 Å². The summed E-state index contributed by atoms with van der Waals surface area (Å²) in [6.07, 6.45) is 3.46. The molecule has 246 valence electrons. The predicted octanol–water partition coefficient (Wildman–Crippen LogP) is 7.32. The molecule has 0 atom stereocenters. The second-order valence-corrected chi connectivity index (χ2v) is 11.9. The summed E-state index contributed by atoms with van der Waals surface area (Å²) < 4.78 is 6.04. The number of nitrogens with one attached hydrogen (secondary N) is 1. The minimum atomic E-state index is -0.0255. The lowest BCUT2D eigenvalue weighted by Crippen LogP contribution is -2.12. The molecule has 9 N–H and O–H groups in total. The Hall–Kier alpha value is -7.40. The molecule has 0 radical (unpaired) electrons. The van der Waals surface area contributed by atoms with Gasteiger partial charge in [0, 0.05) is 50.8 Å². The van der Waals surface area contributed by atoms with Gasteiger partial charge in [-0.2, -0.15) is 0 Å². The predicted molar refractivity (Wildman–Crippen MR) is 203 cm³/mol. The molecule has 0 saturated carbocycles. The molecule has 0 aliphatic heterocycles. The van der Waals surface area contributed by atoms with Crippen LogP contribution >= 0.6 is 0 Å². The monoisotopic (exact) mass is 666 g/mol. The van der Waals surface area contributed by atoms with Gasteiger partial charge in [0.05, 0.1) is 11.3 Å². The number of nitrogen functional groups attached to an aromatic ring is 3. The van der Waals surface area contributed by atoms with Crippen LogP contribution in [-0.4, -0.2) is 31.8 Å². The molecule has 0 saturated heterocycles. The molecule has 0 aliphatic carbocycles. The van der Waals surface area contributed by atoms with Gasteiger partial charge in [0.25, 0.3) is 5.89 Å². The summed E-state index contributed by atoms with van der Waals surface area (Å²) >= 11 is 0. The van der Waals surface area contributed by atoms with Crippen molar-refractivity contribution in [2.75, 3.05) is 11.5 Å². The molecule has 5 aromatic carbocycles. The maximum Gasteiger partial charge on any atom is 0.252 e. The van der Waals surface area contributed by atoms with Crippen LogP contribution < -0.4 is 22.9 Å². The van der Waals surface area contributed by atoms with Crippen LogP contribution in [0.1, 0.15) is 11.1 Å². The van der Waals surface area contributed by atoms with Crippen molar-refractivity contribution in [3.05, 3.63) is 139 Å². The van der Waals surface area contributed by atoms with Crippen LogP contribution in [0.3, 0.4) is 0 Å². The number of benzene rings is 5. The SMILES string of the molecule is N=C(N)c1ccc(-c2nnc(-c3c(N)ncc4c(N=C(N)c5ccc(-c6ccc(-c7c(N)ncc8ccccc78)cc6)cc5)cccc34)o2)cc1.